The lowest BCUT2D eigenvalue weighted by molar-refractivity contribution is -0.137. The Hall–Kier alpha value is -3.99. The summed E-state index contributed by atoms with van der Waals surface area (Å²) in [6, 6.07) is 19.6. The molecule has 11 heteroatoms. The van der Waals surface area contributed by atoms with Gasteiger partial charge in [0.1, 0.15) is 0 Å². The Bertz CT molecular complexity index is 1410. The second-order valence-electron chi connectivity index (χ2n) is 8.27. The molecule has 2 heterocycles. The summed E-state index contributed by atoms with van der Waals surface area (Å²) in [5, 5.41) is 11.3. The summed E-state index contributed by atoms with van der Waals surface area (Å²) < 4.78 is 51.3. The monoisotopic (exact) mass is 526 g/mol. The summed E-state index contributed by atoms with van der Waals surface area (Å²) in [5.41, 5.74) is 1.30. The number of nitrogens with one attached hydrogen (secondary N) is 1. The van der Waals surface area contributed by atoms with Crippen molar-refractivity contribution >= 4 is 23.4 Å². The van der Waals surface area contributed by atoms with Crippen LogP contribution in [0.4, 0.5) is 18.9 Å². The largest absolute Gasteiger partial charge is 0.454 e. The Balaban J connectivity index is 1.36. The molecule has 7 nitrogen and oxygen atoms in total. The minimum Gasteiger partial charge on any atom is -0.454 e. The Labute approximate surface area is 214 Å². The fraction of sp³-hybridized carbons (Fsp3) is 0.192. The molecular formula is C26H21F3N4O3S. The first-order valence-electron chi connectivity index (χ1n) is 11.3. The topological polar surface area (TPSA) is 78.3 Å². The van der Waals surface area contributed by atoms with Crippen molar-refractivity contribution in [1.82, 2.24) is 14.8 Å². The van der Waals surface area contributed by atoms with Crippen molar-refractivity contribution in [1.29, 1.82) is 0 Å². The highest BCUT2D eigenvalue weighted by atomic mass is 32.2. The number of thioether (sulfide) groups is 1. The Morgan fingerprint density at radius 3 is 2.49 bits per heavy atom. The Morgan fingerprint density at radius 2 is 1.76 bits per heavy atom. The standard InChI is InChI=1S/C26H21F3N4O3S/c1-16(24(34)30-20-10-8-19(9-11-20)26(27,28)29)37-25-32-31-23(18-5-3-2-4-6-18)33(25)14-17-7-12-21-22(13-17)36-15-35-21/h2-13,16H,14-15H2,1H3,(H,30,34)/t16-/m1/s1. The molecule has 0 fully saturated rings. The molecule has 0 spiro atoms. The molecule has 3 aromatic carbocycles. The minimum absolute atomic E-state index is 0.174. The molecule has 1 N–H and O–H groups in total. The average Bonchev–Trinajstić information content (AvgIpc) is 3.51. The molecule has 0 radical (unpaired) electrons. The van der Waals surface area contributed by atoms with Gasteiger partial charge < -0.3 is 14.8 Å². The predicted octanol–water partition coefficient (Wildman–Crippen LogP) is 5.86. The molecule has 1 aliphatic rings. The van der Waals surface area contributed by atoms with E-state index in [9.17, 15) is 18.0 Å². The molecule has 37 heavy (non-hydrogen) atoms. The number of anilines is 1. The van der Waals surface area contributed by atoms with Crippen LogP contribution in [0.1, 0.15) is 18.1 Å². The van der Waals surface area contributed by atoms with Gasteiger partial charge in [0.05, 0.1) is 17.4 Å². The first-order valence-corrected chi connectivity index (χ1v) is 12.2. The molecule has 1 amide bonds. The first-order chi connectivity index (χ1) is 17.8. The van der Waals surface area contributed by atoms with E-state index in [1.807, 2.05) is 53.1 Å². The number of ether oxygens (including phenoxy) is 2. The Morgan fingerprint density at radius 1 is 1.03 bits per heavy atom. The highest BCUT2D eigenvalue weighted by Gasteiger charge is 2.30. The van der Waals surface area contributed by atoms with E-state index >= 15 is 0 Å². The normalized spacial score (nSPS) is 13.4. The van der Waals surface area contributed by atoms with Gasteiger partial charge in [-0.25, -0.2) is 0 Å². The van der Waals surface area contributed by atoms with Crippen molar-refractivity contribution in [3.63, 3.8) is 0 Å². The number of hydrogen-bond acceptors (Lipinski definition) is 6. The predicted molar refractivity (Wildman–Crippen MR) is 133 cm³/mol. The van der Waals surface area contributed by atoms with E-state index in [1.165, 1.54) is 23.9 Å². The van der Waals surface area contributed by atoms with Crippen LogP contribution in [-0.4, -0.2) is 32.7 Å². The van der Waals surface area contributed by atoms with Gasteiger partial charge >= 0.3 is 6.18 Å². The second kappa shape index (κ2) is 10.2. The lowest BCUT2D eigenvalue weighted by atomic mass is 10.2. The number of rotatable bonds is 7. The summed E-state index contributed by atoms with van der Waals surface area (Å²) in [7, 11) is 0. The summed E-state index contributed by atoms with van der Waals surface area (Å²) in [4.78, 5) is 12.8. The summed E-state index contributed by atoms with van der Waals surface area (Å²) in [6.07, 6.45) is -4.44. The number of alkyl halides is 3. The number of nitrogens with zero attached hydrogens (tertiary/aromatic N) is 3. The molecule has 0 saturated carbocycles. The number of amides is 1. The zero-order chi connectivity index (χ0) is 26.0. The van der Waals surface area contributed by atoms with Gasteiger partial charge in [0, 0.05) is 11.3 Å². The van der Waals surface area contributed by atoms with E-state index in [2.05, 4.69) is 15.5 Å². The van der Waals surface area contributed by atoms with Crippen molar-refractivity contribution < 1.29 is 27.4 Å². The van der Waals surface area contributed by atoms with Gasteiger partial charge in [-0.15, -0.1) is 10.2 Å². The fourth-order valence-corrected chi connectivity index (χ4v) is 4.59. The third kappa shape index (κ3) is 5.56. The fourth-order valence-electron chi connectivity index (χ4n) is 3.74. The average molecular weight is 527 g/mol. The van der Waals surface area contributed by atoms with Crippen LogP contribution in [0.15, 0.2) is 78.0 Å². The van der Waals surface area contributed by atoms with E-state index in [4.69, 9.17) is 9.47 Å². The molecule has 4 aromatic rings. The van der Waals surface area contributed by atoms with Crippen molar-refractivity contribution in [3.05, 3.63) is 83.9 Å². The van der Waals surface area contributed by atoms with Gasteiger partial charge in [0.2, 0.25) is 12.7 Å². The van der Waals surface area contributed by atoms with Crippen LogP contribution >= 0.6 is 11.8 Å². The number of fused-ring (bicyclic) bond motifs is 1. The second-order valence-corrected chi connectivity index (χ2v) is 9.58. The number of hydrogen-bond donors (Lipinski definition) is 1. The smallest absolute Gasteiger partial charge is 0.416 e. The van der Waals surface area contributed by atoms with Crippen LogP contribution in [-0.2, 0) is 17.5 Å². The number of carbonyl (C=O) groups is 1. The lowest BCUT2D eigenvalue weighted by Crippen LogP contribution is -2.23. The van der Waals surface area contributed by atoms with Gasteiger partial charge in [-0.3, -0.25) is 9.36 Å². The van der Waals surface area contributed by atoms with E-state index in [0.717, 1.165) is 23.3 Å². The minimum atomic E-state index is -4.44. The van der Waals surface area contributed by atoms with Gasteiger partial charge in [0.25, 0.3) is 0 Å². The van der Waals surface area contributed by atoms with Crippen molar-refractivity contribution in [2.75, 3.05) is 12.1 Å². The van der Waals surface area contributed by atoms with Crippen LogP contribution in [0.25, 0.3) is 11.4 Å². The maximum atomic E-state index is 12.8. The van der Waals surface area contributed by atoms with Crippen LogP contribution < -0.4 is 14.8 Å². The van der Waals surface area contributed by atoms with Crippen LogP contribution in [0.5, 0.6) is 11.5 Å². The number of carbonyl (C=O) groups excluding carboxylic acids is 1. The third-order valence-corrected chi connectivity index (χ3v) is 6.74. The molecule has 5 rings (SSSR count). The summed E-state index contributed by atoms with van der Waals surface area (Å²) in [6.45, 7) is 2.29. The molecule has 190 valence electrons. The Kier molecular flexibility index (Phi) is 6.79. The molecule has 0 unspecified atom stereocenters. The first kappa shape index (κ1) is 24.7. The van der Waals surface area contributed by atoms with E-state index in [-0.39, 0.29) is 18.4 Å². The van der Waals surface area contributed by atoms with Crippen molar-refractivity contribution in [2.24, 2.45) is 0 Å². The van der Waals surface area contributed by atoms with Crippen LogP contribution in [0.2, 0.25) is 0 Å². The summed E-state index contributed by atoms with van der Waals surface area (Å²) in [5.74, 6) is 1.60. The molecular weight excluding hydrogens is 505 g/mol. The quantitative estimate of drug-likeness (QED) is 0.304. The number of benzene rings is 3. The maximum Gasteiger partial charge on any atom is 0.416 e. The SMILES string of the molecule is C[C@@H](Sc1nnc(-c2ccccc2)n1Cc1ccc2c(c1)OCO2)C(=O)Nc1ccc(C(F)(F)F)cc1. The third-order valence-electron chi connectivity index (χ3n) is 5.66. The zero-order valence-corrected chi connectivity index (χ0v) is 20.3. The maximum absolute atomic E-state index is 12.8. The molecule has 0 saturated heterocycles. The zero-order valence-electron chi connectivity index (χ0n) is 19.5. The van der Waals surface area contributed by atoms with Gasteiger partial charge in [-0.2, -0.15) is 13.2 Å². The molecule has 1 aromatic heterocycles. The number of aromatic nitrogens is 3. The van der Waals surface area contributed by atoms with Gasteiger partial charge in [0.15, 0.2) is 22.5 Å². The van der Waals surface area contributed by atoms with Crippen LogP contribution in [0, 0.1) is 0 Å². The van der Waals surface area contributed by atoms with E-state index in [0.29, 0.717) is 29.0 Å². The van der Waals surface area contributed by atoms with E-state index < -0.39 is 17.0 Å². The molecule has 1 atom stereocenters. The highest BCUT2D eigenvalue weighted by molar-refractivity contribution is 8.00. The van der Waals surface area contributed by atoms with E-state index in [1.54, 1.807) is 6.92 Å². The number of halogens is 3. The van der Waals surface area contributed by atoms with Crippen molar-refractivity contribution in [3.8, 4) is 22.9 Å². The van der Waals surface area contributed by atoms with Gasteiger partial charge in [-0.05, 0) is 48.9 Å². The molecule has 1 aliphatic heterocycles. The summed E-state index contributed by atoms with van der Waals surface area (Å²) >= 11 is 1.21. The lowest BCUT2D eigenvalue weighted by Gasteiger charge is -2.15. The molecule has 0 bridgehead atoms. The van der Waals surface area contributed by atoms with Crippen molar-refractivity contribution in [2.45, 2.75) is 30.1 Å². The van der Waals surface area contributed by atoms with Crippen LogP contribution in [0.3, 0.4) is 0 Å². The highest BCUT2D eigenvalue weighted by Crippen LogP contribution is 2.34. The van der Waals surface area contributed by atoms with Gasteiger partial charge in [-0.1, -0.05) is 48.2 Å². The molecule has 0 aliphatic carbocycles.